The lowest BCUT2D eigenvalue weighted by Crippen LogP contribution is -2.51. The third-order valence-corrected chi connectivity index (χ3v) is 5.59. The fourth-order valence-electron chi connectivity index (χ4n) is 2.38. The molecule has 1 rings (SSSR count). The molecule has 1 saturated heterocycles. The largest absolute Gasteiger partial charge is 0.480 e. The number of sulfonamides is 1. The van der Waals surface area contributed by atoms with Crippen molar-refractivity contribution in [3.05, 3.63) is 0 Å². The van der Waals surface area contributed by atoms with Crippen molar-refractivity contribution in [3.63, 3.8) is 0 Å². The van der Waals surface area contributed by atoms with Gasteiger partial charge in [-0.2, -0.15) is 0 Å². The molecule has 1 fully saturated rings. The summed E-state index contributed by atoms with van der Waals surface area (Å²) in [5, 5.41) is 9.19. The second kappa shape index (κ2) is 7.53. The first-order chi connectivity index (χ1) is 9.75. The lowest BCUT2D eigenvalue weighted by Gasteiger charge is -2.35. The van der Waals surface area contributed by atoms with Crippen LogP contribution in [0, 0.1) is 5.92 Å². The Morgan fingerprint density at radius 1 is 1.43 bits per heavy atom. The lowest BCUT2D eigenvalue weighted by atomic mass is 9.97. The highest BCUT2D eigenvalue weighted by Gasteiger charge is 2.39. The van der Waals surface area contributed by atoms with Crippen LogP contribution >= 0.6 is 0 Å². The number of carbonyl (C=O) groups is 1. The number of hydrogen-bond acceptors (Lipinski definition) is 5. The Balaban J connectivity index is 2.82. The summed E-state index contributed by atoms with van der Waals surface area (Å²) in [5.41, 5.74) is -0.803. The Kier molecular flexibility index (Phi) is 6.58. The Morgan fingerprint density at radius 3 is 2.43 bits per heavy atom. The van der Waals surface area contributed by atoms with E-state index in [9.17, 15) is 18.3 Å². The summed E-state index contributed by atoms with van der Waals surface area (Å²) in [7, 11) is -2.29. The highest BCUT2D eigenvalue weighted by Crippen LogP contribution is 2.26. The van der Waals surface area contributed by atoms with E-state index in [-0.39, 0.29) is 11.7 Å². The number of methoxy groups -OCH3 is 1. The monoisotopic (exact) mass is 323 g/mol. The number of nitrogens with one attached hydrogen (secondary N) is 1. The van der Waals surface area contributed by atoms with Crippen molar-refractivity contribution in [1.82, 2.24) is 4.72 Å². The van der Waals surface area contributed by atoms with E-state index in [0.717, 1.165) is 0 Å². The van der Waals surface area contributed by atoms with Gasteiger partial charge in [0.2, 0.25) is 10.0 Å². The van der Waals surface area contributed by atoms with E-state index in [1.54, 1.807) is 6.92 Å². The van der Waals surface area contributed by atoms with Crippen LogP contribution in [-0.4, -0.2) is 57.2 Å². The summed E-state index contributed by atoms with van der Waals surface area (Å²) in [5.74, 6) is -1.70. The van der Waals surface area contributed by atoms with Gasteiger partial charge in [-0.05, 0) is 5.92 Å². The summed E-state index contributed by atoms with van der Waals surface area (Å²) >= 11 is 0. The number of rotatable bonds is 8. The van der Waals surface area contributed by atoms with E-state index in [1.165, 1.54) is 7.11 Å². The molecule has 0 unspecified atom stereocenters. The molecule has 0 aromatic carbocycles. The SMILES string of the molecule is CC[C@H](C)[C@H](NS(=O)(=O)CC1(OC)CCOCC1)C(=O)O. The van der Waals surface area contributed by atoms with Crippen LogP contribution in [0.25, 0.3) is 0 Å². The van der Waals surface area contributed by atoms with Crippen molar-refractivity contribution < 1.29 is 27.8 Å². The minimum absolute atomic E-state index is 0.250. The first-order valence-electron chi connectivity index (χ1n) is 7.11. The number of carboxylic acid groups (broad SMARTS) is 1. The molecule has 2 N–H and O–H groups in total. The summed E-state index contributed by atoms with van der Waals surface area (Å²) in [6, 6.07) is -1.12. The van der Waals surface area contributed by atoms with Crippen LogP contribution in [0.3, 0.4) is 0 Å². The van der Waals surface area contributed by atoms with Gasteiger partial charge in [0.15, 0.2) is 0 Å². The van der Waals surface area contributed by atoms with Crippen LogP contribution in [0.1, 0.15) is 33.1 Å². The summed E-state index contributed by atoms with van der Waals surface area (Å²) in [4.78, 5) is 11.2. The van der Waals surface area contributed by atoms with Crippen molar-refractivity contribution in [1.29, 1.82) is 0 Å². The lowest BCUT2D eigenvalue weighted by molar-refractivity contribution is -0.140. The molecular weight excluding hydrogens is 298 g/mol. The average molecular weight is 323 g/mol. The molecule has 7 nitrogen and oxygen atoms in total. The Bertz CT molecular complexity index is 444. The maximum Gasteiger partial charge on any atom is 0.322 e. The van der Waals surface area contributed by atoms with Gasteiger partial charge < -0.3 is 14.6 Å². The van der Waals surface area contributed by atoms with Crippen LogP contribution in [0.2, 0.25) is 0 Å². The molecule has 1 aliphatic heterocycles. The molecule has 0 aromatic heterocycles. The molecule has 0 amide bonds. The molecule has 0 aromatic rings. The zero-order chi connectivity index (χ0) is 16.1. The second-order valence-electron chi connectivity index (χ2n) is 5.58. The van der Waals surface area contributed by atoms with Crippen molar-refractivity contribution in [2.75, 3.05) is 26.1 Å². The molecule has 0 radical (unpaired) electrons. The van der Waals surface area contributed by atoms with Gasteiger partial charge in [0.25, 0.3) is 0 Å². The Hall–Kier alpha value is -0.700. The van der Waals surface area contributed by atoms with Crippen molar-refractivity contribution in [2.45, 2.75) is 44.8 Å². The van der Waals surface area contributed by atoms with Crippen LogP contribution in [-0.2, 0) is 24.3 Å². The number of aliphatic carboxylic acids is 1. The van der Waals surface area contributed by atoms with Gasteiger partial charge in [-0.25, -0.2) is 13.1 Å². The normalized spacial score (nSPS) is 21.7. The fraction of sp³-hybridized carbons (Fsp3) is 0.923. The third-order valence-electron chi connectivity index (χ3n) is 4.08. The zero-order valence-corrected chi connectivity index (χ0v) is 13.6. The molecule has 21 heavy (non-hydrogen) atoms. The summed E-state index contributed by atoms with van der Waals surface area (Å²) in [6.45, 7) is 4.42. The van der Waals surface area contributed by atoms with Gasteiger partial charge in [0.05, 0.1) is 11.4 Å². The third kappa shape index (κ3) is 5.21. The quantitative estimate of drug-likeness (QED) is 0.678. The molecule has 0 spiro atoms. The maximum absolute atomic E-state index is 12.3. The van der Waals surface area contributed by atoms with E-state index in [1.807, 2.05) is 6.92 Å². The molecule has 1 aliphatic rings. The van der Waals surface area contributed by atoms with E-state index in [2.05, 4.69) is 4.72 Å². The fourth-order valence-corrected chi connectivity index (χ4v) is 4.28. The van der Waals surface area contributed by atoms with Gasteiger partial charge in [0, 0.05) is 33.2 Å². The van der Waals surface area contributed by atoms with Crippen molar-refractivity contribution >= 4 is 16.0 Å². The smallest absolute Gasteiger partial charge is 0.322 e. The van der Waals surface area contributed by atoms with E-state index >= 15 is 0 Å². The molecule has 1 heterocycles. The molecule has 0 aliphatic carbocycles. The van der Waals surface area contributed by atoms with Crippen LogP contribution in [0.4, 0.5) is 0 Å². The average Bonchev–Trinajstić information content (AvgIpc) is 2.44. The summed E-state index contributed by atoms with van der Waals surface area (Å²) < 4.78 is 37.5. The van der Waals surface area contributed by atoms with E-state index in [0.29, 0.717) is 32.5 Å². The first-order valence-corrected chi connectivity index (χ1v) is 8.76. The maximum atomic E-state index is 12.3. The number of hydrogen-bond donors (Lipinski definition) is 2. The van der Waals surface area contributed by atoms with E-state index in [4.69, 9.17) is 9.47 Å². The predicted molar refractivity (Wildman–Crippen MR) is 77.6 cm³/mol. The van der Waals surface area contributed by atoms with Gasteiger partial charge in [0.1, 0.15) is 6.04 Å². The zero-order valence-electron chi connectivity index (χ0n) is 12.8. The highest BCUT2D eigenvalue weighted by molar-refractivity contribution is 7.89. The predicted octanol–water partition coefficient (Wildman–Crippen LogP) is 0.601. The molecule has 0 saturated carbocycles. The second-order valence-corrected chi connectivity index (χ2v) is 7.33. The van der Waals surface area contributed by atoms with Gasteiger partial charge in [-0.1, -0.05) is 20.3 Å². The van der Waals surface area contributed by atoms with Gasteiger partial charge in [-0.3, -0.25) is 4.79 Å². The molecule has 124 valence electrons. The molecule has 8 heteroatoms. The van der Waals surface area contributed by atoms with Crippen LogP contribution < -0.4 is 4.72 Å². The molecule has 0 bridgehead atoms. The van der Waals surface area contributed by atoms with Crippen LogP contribution in [0.15, 0.2) is 0 Å². The van der Waals surface area contributed by atoms with Gasteiger partial charge in [-0.15, -0.1) is 0 Å². The standard InChI is InChI=1S/C13H25NO6S/c1-4-10(2)11(12(15)16)14-21(17,18)9-13(19-3)5-7-20-8-6-13/h10-11,14H,4-9H2,1-3H3,(H,15,16)/t10-,11-/m0/s1. The van der Waals surface area contributed by atoms with Gasteiger partial charge >= 0.3 is 5.97 Å². The molecular formula is C13H25NO6S. The van der Waals surface area contributed by atoms with Crippen molar-refractivity contribution in [2.24, 2.45) is 5.92 Å². The Morgan fingerprint density at radius 2 is 2.00 bits per heavy atom. The number of carboxylic acids is 1. The topological polar surface area (TPSA) is 102 Å². The highest BCUT2D eigenvalue weighted by atomic mass is 32.2. The van der Waals surface area contributed by atoms with Crippen molar-refractivity contribution in [3.8, 4) is 0 Å². The number of ether oxygens (including phenoxy) is 2. The first kappa shape index (κ1) is 18.3. The van der Waals surface area contributed by atoms with E-state index < -0.39 is 27.6 Å². The minimum atomic E-state index is -3.76. The minimum Gasteiger partial charge on any atom is -0.480 e. The molecule has 2 atom stereocenters. The van der Waals surface area contributed by atoms with Crippen LogP contribution in [0.5, 0.6) is 0 Å². The summed E-state index contributed by atoms with van der Waals surface area (Å²) in [6.07, 6.45) is 1.53. The Labute approximate surface area is 126 Å².